The Morgan fingerprint density at radius 1 is 0.656 bits per heavy atom. The van der Waals surface area contributed by atoms with Crippen LogP contribution in [-0.2, 0) is 0 Å². The summed E-state index contributed by atoms with van der Waals surface area (Å²) in [5.41, 5.74) is 0.665. The maximum Gasteiger partial charge on any atom is 0.315 e. The van der Waals surface area contributed by atoms with Crippen LogP contribution < -0.4 is 34.6 Å². The molecule has 0 saturated carbocycles. The summed E-state index contributed by atoms with van der Waals surface area (Å²) < 4.78 is 20.9. The van der Waals surface area contributed by atoms with E-state index >= 15 is 0 Å². The van der Waals surface area contributed by atoms with Crippen LogP contribution in [0.3, 0.4) is 0 Å². The summed E-state index contributed by atoms with van der Waals surface area (Å²) in [4.78, 5) is 28.4. The van der Waals surface area contributed by atoms with Gasteiger partial charge in [0.15, 0.2) is 0 Å². The fraction of sp³-hybridized carbons (Fsp3) is 0.174. The highest BCUT2D eigenvalue weighted by molar-refractivity contribution is 6.06. The summed E-state index contributed by atoms with van der Waals surface area (Å²) in [6.07, 6.45) is 0. The number of hydrogen-bond donors (Lipinski definition) is 2. The van der Waals surface area contributed by atoms with Crippen LogP contribution in [0.25, 0.3) is 0 Å². The van der Waals surface area contributed by atoms with E-state index in [9.17, 15) is 9.59 Å². The highest BCUT2D eigenvalue weighted by atomic mass is 16.5. The molecule has 1 heterocycles. The van der Waals surface area contributed by atoms with Crippen LogP contribution in [0.15, 0.2) is 54.6 Å². The molecule has 9 heteroatoms. The van der Waals surface area contributed by atoms with Gasteiger partial charge in [-0.2, -0.15) is 0 Å². The summed E-state index contributed by atoms with van der Waals surface area (Å²) in [7, 11) is 6.01. The number of aromatic nitrogens is 1. The number of carbonyl (C=O) groups is 2. The number of nitrogens with one attached hydrogen (secondary N) is 3. The first-order chi connectivity index (χ1) is 15.5. The third kappa shape index (κ3) is 5.07. The molecule has 0 unspecified atom stereocenters. The standard InChI is InChI=1S/C23H23N3O6/c1-29-14-8-10-16(18(12-14)31-3)22(27)25-20-6-5-7-21(24-20)26-23(28)17-11-9-15(30-2)13-19(17)32-4/h5-13H,1-4H3,(H2,24,25,26,27,28)/p+1. The van der Waals surface area contributed by atoms with Crippen LogP contribution in [0, 0.1) is 0 Å². The predicted molar refractivity (Wildman–Crippen MR) is 118 cm³/mol. The molecule has 2 amide bonds. The first-order valence-corrected chi connectivity index (χ1v) is 9.58. The lowest BCUT2D eigenvalue weighted by Crippen LogP contribution is -2.24. The molecule has 3 N–H and O–H groups in total. The van der Waals surface area contributed by atoms with Gasteiger partial charge >= 0.3 is 11.8 Å². The van der Waals surface area contributed by atoms with Gasteiger partial charge < -0.3 is 18.9 Å². The van der Waals surface area contributed by atoms with Crippen molar-refractivity contribution >= 4 is 23.5 Å². The van der Waals surface area contributed by atoms with Crippen LogP contribution in [0.2, 0.25) is 0 Å². The Bertz CT molecular complexity index is 1050. The minimum Gasteiger partial charge on any atom is -0.497 e. The van der Waals surface area contributed by atoms with Crippen molar-refractivity contribution in [2.45, 2.75) is 0 Å². The number of H-pyrrole nitrogens is 1. The zero-order chi connectivity index (χ0) is 23.1. The van der Waals surface area contributed by atoms with Crippen molar-refractivity contribution in [3.8, 4) is 23.0 Å². The first-order valence-electron chi connectivity index (χ1n) is 9.58. The van der Waals surface area contributed by atoms with Crippen molar-refractivity contribution in [1.82, 2.24) is 0 Å². The molecule has 3 rings (SSSR count). The molecule has 0 aliphatic rings. The number of hydrogen-bond acceptors (Lipinski definition) is 6. The number of pyridine rings is 1. The van der Waals surface area contributed by atoms with E-state index in [2.05, 4.69) is 15.6 Å². The molecule has 32 heavy (non-hydrogen) atoms. The Balaban J connectivity index is 1.76. The zero-order valence-corrected chi connectivity index (χ0v) is 18.1. The van der Waals surface area contributed by atoms with Gasteiger partial charge in [0.05, 0.1) is 39.6 Å². The molecule has 0 aliphatic carbocycles. The highest BCUT2D eigenvalue weighted by Crippen LogP contribution is 2.26. The van der Waals surface area contributed by atoms with E-state index in [1.54, 1.807) is 54.6 Å². The SMILES string of the molecule is COc1ccc(C(=O)Nc2cccc(NC(=O)c3ccc(OC)cc3OC)[nH+]2)c(OC)c1. The largest absolute Gasteiger partial charge is 0.497 e. The van der Waals surface area contributed by atoms with E-state index < -0.39 is 0 Å². The second kappa shape index (κ2) is 10.2. The molecule has 2 aromatic carbocycles. The zero-order valence-electron chi connectivity index (χ0n) is 18.1. The Kier molecular flexibility index (Phi) is 7.12. The Morgan fingerprint density at radius 3 is 1.47 bits per heavy atom. The van der Waals surface area contributed by atoms with Gasteiger partial charge in [0, 0.05) is 24.3 Å². The lowest BCUT2D eigenvalue weighted by atomic mass is 10.1. The third-order valence-electron chi connectivity index (χ3n) is 4.60. The fourth-order valence-corrected chi connectivity index (χ4v) is 2.97. The van der Waals surface area contributed by atoms with Crippen molar-refractivity contribution < 1.29 is 33.5 Å². The second-order valence-electron chi connectivity index (χ2n) is 6.52. The van der Waals surface area contributed by atoms with Crippen LogP contribution in [0.4, 0.5) is 11.6 Å². The van der Waals surface area contributed by atoms with E-state index in [1.807, 2.05) is 0 Å². The monoisotopic (exact) mass is 438 g/mol. The van der Waals surface area contributed by atoms with Gasteiger partial charge in [-0.05, 0) is 30.3 Å². The van der Waals surface area contributed by atoms with Gasteiger partial charge in [0.25, 0.3) is 0 Å². The topological polar surface area (TPSA) is 109 Å². The minimum absolute atomic E-state index is 0.333. The van der Waals surface area contributed by atoms with E-state index in [1.165, 1.54) is 28.4 Å². The smallest absolute Gasteiger partial charge is 0.315 e. The summed E-state index contributed by atoms with van der Waals surface area (Å²) >= 11 is 0. The van der Waals surface area contributed by atoms with E-state index in [0.717, 1.165) is 0 Å². The van der Waals surface area contributed by atoms with E-state index in [0.29, 0.717) is 45.8 Å². The number of anilines is 2. The molecule has 0 fully saturated rings. The predicted octanol–water partition coefficient (Wildman–Crippen LogP) is 3.04. The Morgan fingerprint density at radius 2 is 1.09 bits per heavy atom. The van der Waals surface area contributed by atoms with E-state index in [-0.39, 0.29) is 11.8 Å². The summed E-state index contributed by atoms with van der Waals surface area (Å²) in [5, 5.41) is 5.51. The average Bonchev–Trinajstić information content (AvgIpc) is 2.83. The molecule has 0 atom stereocenters. The Hall–Kier alpha value is -4.27. The summed E-state index contributed by atoms with van der Waals surface area (Å²) in [6, 6.07) is 14.8. The lowest BCUT2D eigenvalue weighted by Gasteiger charge is -2.10. The maximum atomic E-state index is 12.7. The van der Waals surface area contributed by atoms with Gasteiger partial charge in [0.1, 0.15) is 23.0 Å². The lowest BCUT2D eigenvalue weighted by molar-refractivity contribution is -0.343. The number of methoxy groups -OCH3 is 4. The van der Waals surface area contributed by atoms with Crippen LogP contribution in [0.5, 0.6) is 23.0 Å². The number of carbonyl (C=O) groups excluding carboxylic acids is 2. The quantitative estimate of drug-likeness (QED) is 0.560. The second-order valence-corrected chi connectivity index (χ2v) is 6.52. The number of ether oxygens (including phenoxy) is 4. The summed E-state index contributed by atoms with van der Waals surface area (Å²) in [6.45, 7) is 0. The molecule has 0 radical (unpaired) electrons. The van der Waals surface area contributed by atoms with Crippen molar-refractivity contribution in [2.75, 3.05) is 39.1 Å². The van der Waals surface area contributed by atoms with Gasteiger partial charge in [-0.25, -0.2) is 15.6 Å². The van der Waals surface area contributed by atoms with Crippen LogP contribution in [-0.4, -0.2) is 40.3 Å². The van der Waals surface area contributed by atoms with Crippen molar-refractivity contribution in [2.24, 2.45) is 0 Å². The molecule has 0 aliphatic heterocycles. The van der Waals surface area contributed by atoms with Crippen molar-refractivity contribution in [1.29, 1.82) is 0 Å². The fourth-order valence-electron chi connectivity index (χ4n) is 2.97. The molecule has 0 saturated heterocycles. The number of rotatable bonds is 8. The normalized spacial score (nSPS) is 10.1. The maximum absolute atomic E-state index is 12.7. The first kappa shape index (κ1) is 22.4. The van der Waals surface area contributed by atoms with Crippen LogP contribution >= 0.6 is 0 Å². The molecule has 0 spiro atoms. The average molecular weight is 438 g/mol. The van der Waals surface area contributed by atoms with E-state index in [4.69, 9.17) is 18.9 Å². The molecule has 0 bridgehead atoms. The van der Waals surface area contributed by atoms with Gasteiger partial charge in [0.2, 0.25) is 11.6 Å². The highest BCUT2D eigenvalue weighted by Gasteiger charge is 2.19. The van der Waals surface area contributed by atoms with Crippen molar-refractivity contribution in [3.63, 3.8) is 0 Å². The summed E-state index contributed by atoms with van der Waals surface area (Å²) in [5.74, 6) is 1.88. The van der Waals surface area contributed by atoms with Crippen molar-refractivity contribution in [3.05, 3.63) is 65.7 Å². The number of amides is 2. The van der Waals surface area contributed by atoms with Gasteiger partial charge in [-0.15, -0.1) is 0 Å². The molecule has 3 aromatic rings. The number of aromatic amines is 1. The molecule has 1 aromatic heterocycles. The van der Waals surface area contributed by atoms with Gasteiger partial charge in [-0.3, -0.25) is 9.59 Å². The van der Waals surface area contributed by atoms with Gasteiger partial charge in [-0.1, -0.05) is 0 Å². The molecule has 9 nitrogen and oxygen atoms in total. The minimum atomic E-state index is -0.388. The molecular weight excluding hydrogens is 414 g/mol. The Labute approximate surface area is 185 Å². The molecule has 166 valence electrons. The van der Waals surface area contributed by atoms with Crippen LogP contribution in [0.1, 0.15) is 20.7 Å². The molecular formula is C23H24N3O6+. The number of benzene rings is 2. The third-order valence-corrected chi connectivity index (χ3v) is 4.60.